The number of amides is 1. The van der Waals surface area contributed by atoms with Crippen molar-refractivity contribution >= 4 is 58.0 Å². The van der Waals surface area contributed by atoms with Crippen molar-refractivity contribution in [3.05, 3.63) is 28.2 Å². The highest BCUT2D eigenvalue weighted by atomic mass is 35.5. The summed E-state index contributed by atoms with van der Waals surface area (Å²) in [7, 11) is 0. The molecule has 0 aliphatic heterocycles. The second-order valence-corrected chi connectivity index (χ2v) is 9.30. The van der Waals surface area contributed by atoms with Crippen LogP contribution in [0.25, 0.3) is 0 Å². The average Bonchev–Trinajstić information content (AvgIpc) is 3.26. The van der Waals surface area contributed by atoms with Gasteiger partial charge in [0.25, 0.3) is 0 Å². The Morgan fingerprint density at radius 2 is 1.65 bits per heavy atom. The van der Waals surface area contributed by atoms with E-state index in [9.17, 15) is 4.79 Å². The first-order chi connectivity index (χ1) is 10.9. The van der Waals surface area contributed by atoms with E-state index in [0.29, 0.717) is 39.4 Å². The van der Waals surface area contributed by atoms with Gasteiger partial charge in [-0.3, -0.25) is 4.79 Å². The standard InChI is InChI=1S/C17H17Cl4NO/c18-8-1-6-14(13(19)7-8)22-16(23)15-9-2-4-11-12(17(11,20)21)5-3-10(9)15/h1,6-7,9-12,15H,2-5H2,(H,22,23). The van der Waals surface area contributed by atoms with Gasteiger partial charge in [0.2, 0.25) is 5.91 Å². The van der Waals surface area contributed by atoms with Crippen molar-refractivity contribution in [2.24, 2.45) is 29.6 Å². The number of alkyl halides is 2. The molecule has 3 aliphatic carbocycles. The predicted octanol–water partition coefficient (Wildman–Crippen LogP) is 5.79. The average molecular weight is 393 g/mol. The highest BCUT2D eigenvalue weighted by molar-refractivity contribution is 6.51. The zero-order valence-corrected chi connectivity index (χ0v) is 15.4. The van der Waals surface area contributed by atoms with Crippen LogP contribution in [0.4, 0.5) is 5.69 Å². The van der Waals surface area contributed by atoms with Crippen LogP contribution >= 0.6 is 46.4 Å². The van der Waals surface area contributed by atoms with Gasteiger partial charge >= 0.3 is 0 Å². The molecule has 4 atom stereocenters. The van der Waals surface area contributed by atoms with E-state index in [-0.39, 0.29) is 11.8 Å². The van der Waals surface area contributed by atoms with Crippen LogP contribution in [0.2, 0.25) is 10.0 Å². The number of halogens is 4. The normalized spacial score (nSPS) is 37.0. The van der Waals surface area contributed by atoms with Crippen molar-refractivity contribution < 1.29 is 4.79 Å². The molecule has 0 spiro atoms. The van der Waals surface area contributed by atoms with Gasteiger partial charge in [0.1, 0.15) is 4.33 Å². The largest absolute Gasteiger partial charge is 0.325 e. The Kier molecular flexibility index (Phi) is 4.04. The van der Waals surface area contributed by atoms with Crippen LogP contribution in [-0.4, -0.2) is 10.2 Å². The van der Waals surface area contributed by atoms with E-state index < -0.39 is 4.33 Å². The monoisotopic (exact) mass is 391 g/mol. The molecule has 1 aromatic carbocycles. The van der Waals surface area contributed by atoms with Crippen molar-refractivity contribution in [2.75, 3.05) is 5.32 Å². The third-order valence-corrected chi connectivity index (χ3v) is 7.48. The van der Waals surface area contributed by atoms with Gasteiger partial charge in [-0.05, 0) is 67.6 Å². The number of hydrogen-bond acceptors (Lipinski definition) is 1. The molecule has 1 N–H and O–H groups in total. The number of fused-ring (bicyclic) bond motifs is 2. The summed E-state index contributed by atoms with van der Waals surface area (Å²) in [4.78, 5) is 12.6. The quantitative estimate of drug-likeness (QED) is 0.634. The molecule has 124 valence electrons. The first kappa shape index (κ1) is 16.3. The van der Waals surface area contributed by atoms with Gasteiger partial charge in [-0.1, -0.05) is 23.2 Å². The second kappa shape index (κ2) is 5.69. The first-order valence-corrected chi connectivity index (χ1v) is 9.54. The Morgan fingerprint density at radius 1 is 1.04 bits per heavy atom. The van der Waals surface area contributed by atoms with Crippen LogP contribution in [0.15, 0.2) is 18.2 Å². The minimum absolute atomic E-state index is 0.0720. The van der Waals surface area contributed by atoms with Crippen molar-refractivity contribution in [3.8, 4) is 0 Å². The van der Waals surface area contributed by atoms with E-state index in [1.54, 1.807) is 18.2 Å². The smallest absolute Gasteiger partial charge is 0.228 e. The van der Waals surface area contributed by atoms with Crippen molar-refractivity contribution in [1.82, 2.24) is 0 Å². The third kappa shape index (κ3) is 2.86. The molecule has 23 heavy (non-hydrogen) atoms. The fraction of sp³-hybridized carbons (Fsp3) is 0.588. The number of hydrogen-bond donors (Lipinski definition) is 1. The van der Waals surface area contributed by atoms with Crippen molar-refractivity contribution in [2.45, 2.75) is 30.0 Å². The number of carbonyl (C=O) groups is 1. The van der Waals surface area contributed by atoms with Gasteiger partial charge in [-0.25, -0.2) is 0 Å². The summed E-state index contributed by atoms with van der Waals surface area (Å²) < 4.78 is -0.509. The maximum absolute atomic E-state index is 12.6. The maximum Gasteiger partial charge on any atom is 0.228 e. The topological polar surface area (TPSA) is 29.1 Å². The molecule has 0 heterocycles. The van der Waals surface area contributed by atoms with Gasteiger partial charge < -0.3 is 5.32 Å². The summed E-state index contributed by atoms with van der Waals surface area (Å²) >= 11 is 24.7. The predicted molar refractivity (Wildman–Crippen MR) is 95.4 cm³/mol. The Morgan fingerprint density at radius 3 is 2.22 bits per heavy atom. The van der Waals surface area contributed by atoms with Gasteiger partial charge in [-0.2, -0.15) is 0 Å². The Hall–Kier alpha value is -0.150. The number of benzene rings is 1. The zero-order chi connectivity index (χ0) is 16.4. The molecule has 2 nitrogen and oxygen atoms in total. The van der Waals surface area contributed by atoms with Crippen LogP contribution in [0.1, 0.15) is 25.7 Å². The number of anilines is 1. The van der Waals surface area contributed by atoms with E-state index >= 15 is 0 Å². The zero-order valence-electron chi connectivity index (χ0n) is 12.4. The Balaban J connectivity index is 1.40. The second-order valence-electron chi connectivity index (χ2n) is 7.01. The van der Waals surface area contributed by atoms with Gasteiger partial charge in [0.05, 0.1) is 10.7 Å². The van der Waals surface area contributed by atoms with Gasteiger partial charge in [-0.15, -0.1) is 23.2 Å². The molecule has 0 aromatic heterocycles. The lowest BCUT2D eigenvalue weighted by Crippen LogP contribution is -2.16. The fourth-order valence-corrected chi connectivity index (χ4v) is 5.79. The molecule has 1 amide bonds. The molecule has 3 aliphatic rings. The van der Waals surface area contributed by atoms with E-state index in [2.05, 4.69) is 5.32 Å². The molecule has 6 heteroatoms. The van der Waals surface area contributed by atoms with E-state index in [1.807, 2.05) is 0 Å². The number of carbonyl (C=O) groups excluding carboxylic acids is 1. The third-order valence-electron chi connectivity index (χ3n) is 5.81. The summed E-state index contributed by atoms with van der Waals surface area (Å²) in [6.07, 6.45) is 4.15. The van der Waals surface area contributed by atoms with Crippen LogP contribution < -0.4 is 5.32 Å². The molecule has 4 rings (SSSR count). The van der Waals surface area contributed by atoms with Crippen LogP contribution in [-0.2, 0) is 4.79 Å². The fourth-order valence-electron chi connectivity index (χ4n) is 4.42. The van der Waals surface area contributed by atoms with Crippen molar-refractivity contribution in [1.29, 1.82) is 0 Å². The Labute approximate surface area is 155 Å². The summed E-state index contributed by atoms with van der Waals surface area (Å²) in [5.74, 6) is 1.93. The summed E-state index contributed by atoms with van der Waals surface area (Å²) in [5, 5.41) is 3.99. The molecule has 3 saturated carbocycles. The lowest BCUT2D eigenvalue weighted by Gasteiger charge is -2.07. The summed E-state index contributed by atoms with van der Waals surface area (Å²) in [6, 6.07) is 5.12. The van der Waals surface area contributed by atoms with Crippen LogP contribution in [0.5, 0.6) is 0 Å². The minimum atomic E-state index is -0.509. The van der Waals surface area contributed by atoms with E-state index in [1.165, 1.54) is 0 Å². The molecule has 4 unspecified atom stereocenters. The van der Waals surface area contributed by atoms with Crippen molar-refractivity contribution in [3.63, 3.8) is 0 Å². The molecule has 0 radical (unpaired) electrons. The molecule has 0 saturated heterocycles. The van der Waals surface area contributed by atoms with Crippen LogP contribution in [0, 0.1) is 29.6 Å². The van der Waals surface area contributed by atoms with Gasteiger partial charge in [0.15, 0.2) is 0 Å². The molecular formula is C17H17Cl4NO. The summed E-state index contributed by atoms with van der Waals surface area (Å²) in [6.45, 7) is 0. The first-order valence-electron chi connectivity index (χ1n) is 8.03. The lowest BCUT2D eigenvalue weighted by molar-refractivity contribution is -0.117. The SMILES string of the molecule is O=C(Nc1ccc(Cl)cc1Cl)C1C2CCC3C(CCC21)C3(Cl)Cl. The minimum Gasteiger partial charge on any atom is -0.325 e. The highest BCUT2D eigenvalue weighted by Gasteiger charge is 2.65. The number of nitrogens with one attached hydrogen (secondary N) is 1. The molecule has 0 bridgehead atoms. The number of rotatable bonds is 2. The highest BCUT2D eigenvalue weighted by Crippen LogP contribution is 2.67. The van der Waals surface area contributed by atoms with Gasteiger partial charge in [0, 0.05) is 10.9 Å². The molecule has 3 fully saturated rings. The molecular weight excluding hydrogens is 376 g/mol. The van der Waals surface area contributed by atoms with E-state index in [4.69, 9.17) is 46.4 Å². The maximum atomic E-state index is 12.6. The van der Waals surface area contributed by atoms with Crippen LogP contribution in [0.3, 0.4) is 0 Å². The lowest BCUT2D eigenvalue weighted by atomic mass is 10.0. The Bertz CT molecular complexity index is 640. The van der Waals surface area contributed by atoms with E-state index in [0.717, 1.165) is 25.7 Å². The molecule has 1 aromatic rings. The summed E-state index contributed by atoms with van der Waals surface area (Å²) in [5.41, 5.74) is 0.628.